The number of aromatic amines is 1. The van der Waals surface area contributed by atoms with Crippen molar-refractivity contribution in [3.8, 4) is 0 Å². The maximum absolute atomic E-state index is 12.6. The SMILES string of the molecule is CCN(CC)C(CNC(=O)c1n[nH]c2c1CNCC2)c1ccsc1.Cl. The van der Waals surface area contributed by atoms with Gasteiger partial charge in [-0.1, -0.05) is 13.8 Å². The molecular weight excluding hydrogens is 358 g/mol. The van der Waals surface area contributed by atoms with Gasteiger partial charge in [-0.3, -0.25) is 14.8 Å². The zero-order valence-corrected chi connectivity index (χ0v) is 16.3. The van der Waals surface area contributed by atoms with Gasteiger partial charge in [-0.2, -0.15) is 16.4 Å². The zero-order valence-electron chi connectivity index (χ0n) is 14.7. The van der Waals surface area contributed by atoms with E-state index in [-0.39, 0.29) is 24.4 Å². The molecule has 6 nitrogen and oxygen atoms in total. The first-order valence-corrected chi connectivity index (χ1v) is 9.50. The predicted octanol–water partition coefficient (Wildman–Crippen LogP) is 2.35. The fourth-order valence-electron chi connectivity index (χ4n) is 3.27. The summed E-state index contributed by atoms with van der Waals surface area (Å²) in [5.41, 5.74) is 3.88. The molecule has 2 aromatic heterocycles. The summed E-state index contributed by atoms with van der Waals surface area (Å²) in [7, 11) is 0. The zero-order chi connectivity index (χ0) is 16.9. The van der Waals surface area contributed by atoms with E-state index in [1.165, 1.54) is 5.56 Å². The molecule has 0 spiro atoms. The number of carbonyl (C=O) groups excluding carboxylic acids is 1. The van der Waals surface area contributed by atoms with Gasteiger partial charge >= 0.3 is 0 Å². The first-order chi connectivity index (χ1) is 11.7. The van der Waals surface area contributed by atoms with Crippen LogP contribution < -0.4 is 10.6 Å². The number of amides is 1. The van der Waals surface area contributed by atoms with Gasteiger partial charge in [0, 0.05) is 37.3 Å². The number of halogens is 1. The molecule has 1 atom stereocenters. The Labute approximate surface area is 158 Å². The molecule has 8 heteroatoms. The highest BCUT2D eigenvalue weighted by Gasteiger charge is 2.24. The molecule has 1 unspecified atom stereocenters. The molecule has 3 heterocycles. The fraction of sp³-hybridized carbons (Fsp3) is 0.529. The number of likely N-dealkylation sites (N-methyl/N-ethyl adjacent to an activating group) is 1. The van der Waals surface area contributed by atoms with Gasteiger partial charge in [0.25, 0.3) is 5.91 Å². The quantitative estimate of drug-likeness (QED) is 0.686. The molecule has 0 bridgehead atoms. The average Bonchev–Trinajstić information content (AvgIpc) is 3.27. The number of fused-ring (bicyclic) bond motifs is 1. The maximum atomic E-state index is 12.6. The Morgan fingerprint density at radius 1 is 1.44 bits per heavy atom. The highest BCUT2D eigenvalue weighted by molar-refractivity contribution is 7.07. The van der Waals surface area contributed by atoms with Crippen molar-refractivity contribution in [2.75, 3.05) is 26.2 Å². The number of aromatic nitrogens is 2. The van der Waals surface area contributed by atoms with Crippen molar-refractivity contribution in [2.45, 2.75) is 32.9 Å². The van der Waals surface area contributed by atoms with Crippen LogP contribution in [0.1, 0.15) is 47.2 Å². The largest absolute Gasteiger partial charge is 0.349 e. The third-order valence-corrected chi connectivity index (χ3v) is 5.36. The van der Waals surface area contributed by atoms with E-state index >= 15 is 0 Å². The average molecular weight is 384 g/mol. The van der Waals surface area contributed by atoms with E-state index in [0.717, 1.165) is 37.3 Å². The summed E-state index contributed by atoms with van der Waals surface area (Å²) in [6.07, 6.45) is 0.895. The second kappa shape index (κ2) is 9.33. The summed E-state index contributed by atoms with van der Waals surface area (Å²) in [5.74, 6) is -0.0939. The molecule has 2 aromatic rings. The Morgan fingerprint density at radius 3 is 2.92 bits per heavy atom. The summed E-state index contributed by atoms with van der Waals surface area (Å²) in [6, 6.07) is 2.34. The van der Waals surface area contributed by atoms with Crippen molar-refractivity contribution in [1.82, 2.24) is 25.7 Å². The summed E-state index contributed by atoms with van der Waals surface area (Å²) < 4.78 is 0. The van der Waals surface area contributed by atoms with Crippen molar-refractivity contribution >= 4 is 29.7 Å². The van der Waals surface area contributed by atoms with E-state index in [1.807, 2.05) is 0 Å². The van der Waals surface area contributed by atoms with E-state index in [9.17, 15) is 4.79 Å². The minimum absolute atomic E-state index is 0. The number of carbonyl (C=O) groups is 1. The lowest BCUT2D eigenvalue weighted by Gasteiger charge is -2.29. The standard InChI is InChI=1S/C17H25N5OS.ClH/c1-3-22(4-2)15(12-6-8-24-11-12)10-19-17(23)16-13-9-18-7-5-14(13)20-21-16;/h6,8,11,15,18H,3-5,7,9-10H2,1-2H3,(H,19,23)(H,20,21);1H. The molecule has 1 amide bonds. The van der Waals surface area contributed by atoms with Crippen molar-refractivity contribution in [3.05, 3.63) is 39.3 Å². The van der Waals surface area contributed by atoms with Crippen LogP contribution in [0.4, 0.5) is 0 Å². The number of rotatable bonds is 7. The topological polar surface area (TPSA) is 73.0 Å². The lowest BCUT2D eigenvalue weighted by atomic mass is 10.1. The van der Waals surface area contributed by atoms with Gasteiger partial charge in [0.1, 0.15) is 0 Å². The van der Waals surface area contributed by atoms with Crippen LogP contribution in [0.15, 0.2) is 16.8 Å². The molecular formula is C17H26ClN5OS. The number of thiophene rings is 1. The first kappa shape index (κ1) is 19.9. The highest BCUT2D eigenvalue weighted by Crippen LogP contribution is 2.22. The van der Waals surface area contributed by atoms with Crippen molar-refractivity contribution in [1.29, 1.82) is 0 Å². The van der Waals surface area contributed by atoms with Crippen molar-refractivity contribution < 1.29 is 4.79 Å². The third kappa shape index (κ3) is 4.41. The highest BCUT2D eigenvalue weighted by atomic mass is 35.5. The van der Waals surface area contributed by atoms with Gasteiger partial charge in [0.05, 0.1) is 6.04 Å². The number of hydrogen-bond acceptors (Lipinski definition) is 5. The normalized spacial score (nSPS) is 14.7. The van der Waals surface area contributed by atoms with Gasteiger partial charge < -0.3 is 10.6 Å². The van der Waals surface area contributed by atoms with E-state index in [0.29, 0.717) is 18.8 Å². The molecule has 3 rings (SSSR count). The van der Waals surface area contributed by atoms with Gasteiger partial charge in [-0.05, 0) is 35.5 Å². The monoisotopic (exact) mass is 383 g/mol. The van der Waals surface area contributed by atoms with Crippen LogP contribution >= 0.6 is 23.7 Å². The lowest BCUT2D eigenvalue weighted by Crippen LogP contribution is -2.38. The molecule has 1 aliphatic heterocycles. The van der Waals surface area contributed by atoms with Gasteiger partial charge in [-0.15, -0.1) is 12.4 Å². The molecule has 0 aromatic carbocycles. The predicted molar refractivity (Wildman–Crippen MR) is 104 cm³/mol. The molecule has 138 valence electrons. The Kier molecular flexibility index (Phi) is 7.43. The van der Waals surface area contributed by atoms with E-state index < -0.39 is 0 Å². The Hall–Kier alpha value is -1.41. The molecule has 3 N–H and O–H groups in total. The minimum Gasteiger partial charge on any atom is -0.349 e. The smallest absolute Gasteiger partial charge is 0.272 e. The van der Waals surface area contributed by atoms with Crippen LogP contribution in [0.2, 0.25) is 0 Å². The first-order valence-electron chi connectivity index (χ1n) is 8.55. The molecule has 1 aliphatic rings. The maximum Gasteiger partial charge on any atom is 0.272 e. The number of hydrogen-bond donors (Lipinski definition) is 3. The second-order valence-corrected chi connectivity index (χ2v) is 6.74. The summed E-state index contributed by atoms with van der Waals surface area (Å²) in [4.78, 5) is 15.0. The molecule has 0 radical (unpaired) electrons. The van der Waals surface area contributed by atoms with Crippen LogP contribution in [-0.2, 0) is 13.0 Å². The van der Waals surface area contributed by atoms with E-state index in [4.69, 9.17) is 0 Å². The number of H-pyrrole nitrogens is 1. The molecule has 25 heavy (non-hydrogen) atoms. The van der Waals surface area contributed by atoms with E-state index in [2.05, 4.69) is 56.4 Å². The lowest BCUT2D eigenvalue weighted by molar-refractivity contribution is 0.0929. The van der Waals surface area contributed by atoms with Gasteiger partial charge in [0.15, 0.2) is 5.69 Å². The van der Waals surface area contributed by atoms with Gasteiger partial charge in [0.2, 0.25) is 0 Å². The number of nitrogens with zero attached hydrogens (tertiary/aromatic N) is 2. The summed E-state index contributed by atoms with van der Waals surface area (Å²) >= 11 is 1.69. The third-order valence-electron chi connectivity index (χ3n) is 4.66. The molecule has 0 saturated heterocycles. The summed E-state index contributed by atoms with van der Waals surface area (Å²) in [6.45, 7) is 8.44. The molecule has 0 saturated carbocycles. The van der Waals surface area contributed by atoms with Crippen LogP contribution in [0, 0.1) is 0 Å². The van der Waals surface area contributed by atoms with E-state index in [1.54, 1.807) is 11.3 Å². The van der Waals surface area contributed by atoms with Crippen LogP contribution in [0.25, 0.3) is 0 Å². The Balaban J connectivity index is 0.00000225. The molecule has 0 aliphatic carbocycles. The Morgan fingerprint density at radius 2 is 2.24 bits per heavy atom. The van der Waals surface area contributed by atoms with Crippen molar-refractivity contribution in [2.24, 2.45) is 0 Å². The molecule has 0 fully saturated rings. The van der Waals surface area contributed by atoms with Gasteiger partial charge in [-0.25, -0.2) is 0 Å². The summed E-state index contributed by atoms with van der Waals surface area (Å²) in [5, 5.41) is 17.9. The van der Waals surface area contributed by atoms with Crippen LogP contribution in [0.5, 0.6) is 0 Å². The van der Waals surface area contributed by atoms with Crippen LogP contribution in [-0.4, -0.2) is 47.2 Å². The Bertz CT molecular complexity index is 669. The second-order valence-electron chi connectivity index (χ2n) is 5.96. The van der Waals surface area contributed by atoms with Crippen molar-refractivity contribution in [3.63, 3.8) is 0 Å². The fourth-order valence-corrected chi connectivity index (χ4v) is 3.98. The number of nitrogens with one attached hydrogen (secondary N) is 3. The van der Waals surface area contributed by atoms with Crippen LogP contribution in [0.3, 0.4) is 0 Å². The minimum atomic E-state index is -0.0939.